The van der Waals surface area contributed by atoms with E-state index in [-0.39, 0.29) is 18.9 Å². The molecule has 2 nitrogen and oxygen atoms in total. The molecule has 12 heavy (non-hydrogen) atoms. The van der Waals surface area contributed by atoms with Gasteiger partial charge in [0.1, 0.15) is 6.39 Å². The molecule has 0 aliphatic heterocycles. The van der Waals surface area contributed by atoms with Crippen molar-refractivity contribution < 1.29 is 23.3 Å². The van der Waals surface area contributed by atoms with E-state index in [4.69, 9.17) is 27.6 Å². The summed E-state index contributed by atoms with van der Waals surface area (Å²) in [6.07, 6.45) is 2.34. The smallest absolute Gasteiger partial charge is 0.572 e. The number of hydrogen-bond donors (Lipinski definition) is 0. The van der Waals surface area contributed by atoms with E-state index in [1.807, 2.05) is 0 Å². The Labute approximate surface area is 91.0 Å². The van der Waals surface area contributed by atoms with Crippen molar-refractivity contribution >= 4 is 34.3 Å². The van der Waals surface area contributed by atoms with Crippen molar-refractivity contribution in [2.75, 3.05) is 0 Å². The van der Waals surface area contributed by atoms with Gasteiger partial charge in [0.15, 0.2) is 0 Å². The van der Waals surface area contributed by atoms with E-state index >= 15 is 0 Å². The van der Waals surface area contributed by atoms with Crippen LogP contribution in [0.15, 0.2) is 16.5 Å². The van der Waals surface area contributed by atoms with Gasteiger partial charge in [-0.2, -0.15) is 0 Å². The Hall–Kier alpha value is -0.133. The number of rotatable bonds is 0. The number of hydrogen-bond acceptors (Lipinski definition) is 2. The van der Waals surface area contributed by atoms with Crippen LogP contribution < -0.4 is 18.9 Å². The van der Waals surface area contributed by atoms with Gasteiger partial charge in [-0.1, -0.05) is 29.3 Å². The number of halogens is 2. The van der Waals surface area contributed by atoms with Crippen LogP contribution in [-0.2, 0) is 0 Å². The molecule has 0 spiro atoms. The second-order valence-electron chi connectivity index (χ2n) is 2.04. The largest absolute Gasteiger partial charge is 1.00 e. The Balaban J connectivity index is 0.000000720. The fourth-order valence-corrected chi connectivity index (χ4v) is 1.37. The molecule has 56 valence electrons. The molecule has 0 atom stereocenters. The Morgan fingerprint density at radius 1 is 1.33 bits per heavy atom. The van der Waals surface area contributed by atoms with Gasteiger partial charge >= 0.3 is 18.9 Å². The Bertz CT molecular complexity index is 401. The number of aromatic nitrogens is 1. The first-order valence-electron chi connectivity index (χ1n) is 2.89. The molecule has 2 rings (SSSR count). The number of oxazole rings is 1. The Morgan fingerprint density at radius 2 is 2.08 bits per heavy atom. The van der Waals surface area contributed by atoms with Crippen molar-refractivity contribution in [2.24, 2.45) is 0 Å². The third-order valence-corrected chi connectivity index (χ3v) is 1.80. The van der Waals surface area contributed by atoms with Gasteiger partial charge in [0.05, 0.1) is 0 Å². The first kappa shape index (κ1) is 9.95. The van der Waals surface area contributed by atoms with Crippen LogP contribution in [0.1, 0.15) is 0 Å². The Morgan fingerprint density at radius 3 is 2.83 bits per heavy atom. The van der Waals surface area contributed by atoms with Crippen LogP contribution in [0.4, 0.5) is 0 Å². The predicted molar refractivity (Wildman–Crippen MR) is 42.9 cm³/mol. The average Bonchev–Trinajstić information content (AvgIpc) is 2.34. The summed E-state index contributed by atoms with van der Waals surface area (Å²) in [5, 5.41) is 1.01. The zero-order valence-electron chi connectivity index (χ0n) is 6.27. The fraction of sp³-hybridized carbons (Fsp3) is 0. The summed E-state index contributed by atoms with van der Waals surface area (Å²) < 4.78 is 4.88. The molecule has 0 aliphatic rings. The molecule has 0 amide bonds. The van der Waals surface area contributed by atoms with Crippen molar-refractivity contribution in [3.05, 3.63) is 28.6 Å². The summed E-state index contributed by atoms with van der Waals surface area (Å²) in [6, 6.07) is 3.27. The molecule has 0 fully saturated rings. The van der Waals surface area contributed by atoms with Gasteiger partial charge < -0.3 is 9.40 Å². The minimum Gasteiger partial charge on any atom is -0.572 e. The van der Waals surface area contributed by atoms with Crippen molar-refractivity contribution in [1.29, 1.82) is 0 Å². The van der Waals surface area contributed by atoms with Gasteiger partial charge in [-0.25, -0.2) is 0 Å². The predicted octanol–water partition coefficient (Wildman–Crippen LogP) is -0.0612. The monoisotopic (exact) mass is 193 g/mol. The van der Waals surface area contributed by atoms with Crippen LogP contribution in [0.2, 0.25) is 10.0 Å². The van der Waals surface area contributed by atoms with Crippen LogP contribution in [-0.4, -0.2) is 4.98 Å². The zero-order valence-corrected chi connectivity index (χ0v) is 7.78. The molecule has 1 heterocycles. The van der Waals surface area contributed by atoms with Crippen LogP contribution in [0.3, 0.4) is 0 Å². The molecule has 0 bridgehead atoms. The van der Waals surface area contributed by atoms with Gasteiger partial charge in [0, 0.05) is 15.6 Å². The van der Waals surface area contributed by atoms with E-state index in [1.165, 1.54) is 0 Å². The maximum absolute atomic E-state index is 5.77. The van der Waals surface area contributed by atoms with Crippen LogP contribution in [0.5, 0.6) is 0 Å². The summed E-state index contributed by atoms with van der Waals surface area (Å²) in [5.41, 5.74) is 1.15. The van der Waals surface area contributed by atoms with E-state index in [9.17, 15) is 0 Å². The van der Waals surface area contributed by atoms with Gasteiger partial charge in [-0.3, -0.25) is 0 Å². The SMILES string of the molecule is Clc1cc(Cl)c2o[c-]nc2c1.[Li+]. The second-order valence-corrected chi connectivity index (χ2v) is 2.88. The normalized spacial score (nSPS) is 9.83. The molecule has 0 aliphatic carbocycles. The van der Waals surface area contributed by atoms with Crippen LogP contribution in [0, 0.1) is 6.39 Å². The topological polar surface area (TPSA) is 26.0 Å². The molecule has 0 radical (unpaired) electrons. The van der Waals surface area contributed by atoms with Crippen molar-refractivity contribution in [3.8, 4) is 0 Å². The van der Waals surface area contributed by atoms with E-state index < -0.39 is 0 Å². The van der Waals surface area contributed by atoms with Crippen LogP contribution >= 0.6 is 23.2 Å². The summed E-state index contributed by atoms with van der Waals surface area (Å²) in [5.74, 6) is 0. The van der Waals surface area contributed by atoms with Crippen molar-refractivity contribution in [2.45, 2.75) is 0 Å². The summed E-state index contributed by atoms with van der Waals surface area (Å²) in [6.45, 7) is 0. The number of fused-ring (bicyclic) bond motifs is 1. The van der Waals surface area contributed by atoms with Gasteiger partial charge in [0.2, 0.25) is 0 Å². The molecule has 0 saturated carbocycles. The van der Waals surface area contributed by atoms with E-state index in [1.54, 1.807) is 12.1 Å². The molecule has 1 aromatic carbocycles. The van der Waals surface area contributed by atoms with Crippen molar-refractivity contribution in [3.63, 3.8) is 0 Å². The molecule has 5 heteroatoms. The molecular weight excluding hydrogens is 192 g/mol. The molecule has 1 aromatic heterocycles. The van der Waals surface area contributed by atoms with E-state index in [0.29, 0.717) is 21.1 Å². The second kappa shape index (κ2) is 3.72. The van der Waals surface area contributed by atoms with E-state index in [2.05, 4.69) is 11.4 Å². The summed E-state index contributed by atoms with van der Waals surface area (Å²) >= 11 is 11.5. The van der Waals surface area contributed by atoms with Gasteiger partial charge in [0.25, 0.3) is 0 Å². The van der Waals surface area contributed by atoms with Gasteiger partial charge in [-0.05, 0) is 11.6 Å². The number of benzene rings is 1. The number of nitrogens with zero attached hydrogens (tertiary/aromatic N) is 1. The Kier molecular flexibility index (Phi) is 3.08. The van der Waals surface area contributed by atoms with Crippen molar-refractivity contribution in [1.82, 2.24) is 4.98 Å². The average molecular weight is 194 g/mol. The van der Waals surface area contributed by atoms with Gasteiger partial charge in [-0.15, -0.1) is 0 Å². The minimum absolute atomic E-state index is 0. The maximum atomic E-state index is 5.77. The maximum Gasteiger partial charge on any atom is 1.00 e. The first-order valence-corrected chi connectivity index (χ1v) is 3.64. The molecule has 0 unspecified atom stereocenters. The first-order chi connectivity index (χ1) is 5.27. The van der Waals surface area contributed by atoms with E-state index in [0.717, 1.165) is 0 Å². The summed E-state index contributed by atoms with van der Waals surface area (Å²) in [7, 11) is 0. The third-order valence-electron chi connectivity index (χ3n) is 1.30. The standard InChI is InChI=1S/C7H2Cl2NO.Li/c8-4-1-5(9)7-6(2-4)10-3-11-7;/h1-2H;/q-1;+1. The summed E-state index contributed by atoms with van der Waals surface area (Å²) in [4.78, 5) is 3.78. The molecule has 2 aromatic rings. The molecule has 0 N–H and O–H groups in total. The minimum atomic E-state index is 0. The quantitative estimate of drug-likeness (QED) is 0.433. The van der Waals surface area contributed by atoms with Crippen LogP contribution in [0.25, 0.3) is 11.1 Å². The molecular formula is C7H2Cl2LiNO. The third kappa shape index (κ3) is 1.62. The molecule has 0 saturated heterocycles. The fourth-order valence-electron chi connectivity index (χ4n) is 0.849. The zero-order chi connectivity index (χ0) is 7.84.